The average Bonchev–Trinajstić information content (AvgIpc) is 2.38. The molecule has 20 heavy (non-hydrogen) atoms. The summed E-state index contributed by atoms with van der Waals surface area (Å²) >= 11 is 5.85. The minimum absolute atomic E-state index is 0.153. The first-order valence-electron chi connectivity index (χ1n) is 6.38. The minimum atomic E-state index is -3.61. The van der Waals surface area contributed by atoms with E-state index in [1.165, 1.54) is 10.4 Å². The number of benzene rings is 1. The first kappa shape index (κ1) is 15.3. The highest BCUT2D eigenvalue weighted by atomic mass is 35.5. The number of carbonyl (C=O) groups excluding carboxylic acids is 1. The van der Waals surface area contributed by atoms with E-state index in [1.54, 1.807) is 19.1 Å². The molecular formula is C13H17ClN2O3S. The van der Waals surface area contributed by atoms with Crippen LogP contribution in [0.25, 0.3) is 0 Å². The van der Waals surface area contributed by atoms with Gasteiger partial charge in [0.15, 0.2) is 0 Å². The van der Waals surface area contributed by atoms with E-state index < -0.39 is 21.8 Å². The van der Waals surface area contributed by atoms with E-state index in [0.29, 0.717) is 30.0 Å². The van der Waals surface area contributed by atoms with Crippen LogP contribution in [0.15, 0.2) is 23.1 Å². The van der Waals surface area contributed by atoms with Crippen LogP contribution in [-0.4, -0.2) is 31.7 Å². The summed E-state index contributed by atoms with van der Waals surface area (Å²) < 4.78 is 26.6. The standard InChI is InChI=1S/C13H17ClN2O3S/c1-9-7-11(14)4-5-12(9)20(18,19)16-6-2-3-10(8-16)13(15)17/h4-5,7,10H,2-3,6,8H2,1H3,(H2,15,17). The molecule has 2 rings (SSSR count). The van der Waals surface area contributed by atoms with Gasteiger partial charge < -0.3 is 5.73 Å². The largest absolute Gasteiger partial charge is 0.369 e. The number of carbonyl (C=O) groups is 1. The van der Waals surface area contributed by atoms with Crippen molar-refractivity contribution in [1.82, 2.24) is 4.31 Å². The van der Waals surface area contributed by atoms with E-state index in [4.69, 9.17) is 17.3 Å². The van der Waals surface area contributed by atoms with E-state index in [0.717, 1.165) is 0 Å². The molecule has 2 N–H and O–H groups in total. The molecule has 1 heterocycles. The molecule has 1 aromatic rings. The van der Waals surface area contributed by atoms with Gasteiger partial charge in [-0.3, -0.25) is 4.79 Å². The van der Waals surface area contributed by atoms with Gasteiger partial charge in [0, 0.05) is 18.1 Å². The number of hydrogen-bond acceptors (Lipinski definition) is 3. The van der Waals surface area contributed by atoms with Crippen LogP contribution in [0.4, 0.5) is 0 Å². The van der Waals surface area contributed by atoms with Gasteiger partial charge in [0.25, 0.3) is 0 Å². The number of nitrogens with two attached hydrogens (primary N) is 1. The summed E-state index contributed by atoms with van der Waals surface area (Å²) in [5.41, 5.74) is 5.88. The summed E-state index contributed by atoms with van der Waals surface area (Å²) in [6, 6.07) is 4.67. The van der Waals surface area contributed by atoms with Crippen molar-refractivity contribution in [3.05, 3.63) is 28.8 Å². The van der Waals surface area contributed by atoms with Crippen molar-refractivity contribution in [3.63, 3.8) is 0 Å². The van der Waals surface area contributed by atoms with Crippen molar-refractivity contribution in [2.45, 2.75) is 24.7 Å². The first-order chi connectivity index (χ1) is 9.32. The van der Waals surface area contributed by atoms with Gasteiger partial charge in [0.2, 0.25) is 15.9 Å². The monoisotopic (exact) mass is 316 g/mol. The van der Waals surface area contributed by atoms with Crippen molar-refractivity contribution in [2.24, 2.45) is 11.7 Å². The Morgan fingerprint density at radius 3 is 2.75 bits per heavy atom. The Labute approximate surface area is 123 Å². The lowest BCUT2D eigenvalue weighted by Gasteiger charge is -2.30. The van der Waals surface area contributed by atoms with Gasteiger partial charge in [-0.15, -0.1) is 0 Å². The van der Waals surface area contributed by atoms with Crippen LogP contribution in [0.5, 0.6) is 0 Å². The van der Waals surface area contributed by atoms with Crippen molar-refractivity contribution in [2.75, 3.05) is 13.1 Å². The predicted octanol–water partition coefficient (Wildman–Crippen LogP) is 1.53. The highest BCUT2D eigenvalue weighted by molar-refractivity contribution is 7.89. The summed E-state index contributed by atoms with van der Waals surface area (Å²) in [5, 5.41) is 0.495. The number of halogens is 1. The maximum Gasteiger partial charge on any atom is 0.243 e. The Hall–Kier alpha value is -1.11. The third kappa shape index (κ3) is 2.97. The zero-order valence-electron chi connectivity index (χ0n) is 11.2. The van der Waals surface area contributed by atoms with Crippen LogP contribution >= 0.6 is 11.6 Å². The fourth-order valence-corrected chi connectivity index (χ4v) is 4.39. The second-order valence-corrected chi connectivity index (χ2v) is 7.36. The van der Waals surface area contributed by atoms with Crippen LogP contribution in [0, 0.1) is 12.8 Å². The number of primary amides is 1. The summed E-state index contributed by atoms with van der Waals surface area (Å²) in [7, 11) is -3.61. The third-order valence-corrected chi connectivity index (χ3v) is 5.80. The van der Waals surface area contributed by atoms with E-state index in [1.807, 2.05) is 0 Å². The lowest BCUT2D eigenvalue weighted by molar-refractivity contribution is -0.122. The van der Waals surface area contributed by atoms with E-state index >= 15 is 0 Å². The number of sulfonamides is 1. The van der Waals surface area contributed by atoms with Gasteiger partial charge >= 0.3 is 0 Å². The van der Waals surface area contributed by atoms with Crippen LogP contribution in [0.2, 0.25) is 5.02 Å². The maximum absolute atomic E-state index is 12.6. The Kier molecular flexibility index (Phi) is 4.36. The van der Waals surface area contributed by atoms with Crippen LogP contribution in [0.3, 0.4) is 0 Å². The quantitative estimate of drug-likeness (QED) is 0.918. The second-order valence-electron chi connectivity index (χ2n) is 5.01. The highest BCUT2D eigenvalue weighted by Gasteiger charge is 2.33. The van der Waals surface area contributed by atoms with Crippen molar-refractivity contribution >= 4 is 27.5 Å². The van der Waals surface area contributed by atoms with Crippen LogP contribution in [0.1, 0.15) is 18.4 Å². The highest BCUT2D eigenvalue weighted by Crippen LogP contribution is 2.27. The Morgan fingerprint density at radius 2 is 2.15 bits per heavy atom. The molecule has 0 bridgehead atoms. The van der Waals surface area contributed by atoms with Crippen molar-refractivity contribution < 1.29 is 13.2 Å². The zero-order valence-corrected chi connectivity index (χ0v) is 12.7. The summed E-state index contributed by atoms with van der Waals surface area (Å²) in [5.74, 6) is -0.858. The predicted molar refractivity (Wildman–Crippen MR) is 76.9 cm³/mol. The number of piperidine rings is 1. The molecule has 1 saturated heterocycles. The van der Waals surface area contributed by atoms with E-state index in [9.17, 15) is 13.2 Å². The molecule has 1 aliphatic heterocycles. The van der Waals surface area contributed by atoms with Crippen LogP contribution in [-0.2, 0) is 14.8 Å². The van der Waals surface area contributed by atoms with Gasteiger partial charge in [-0.25, -0.2) is 8.42 Å². The summed E-state index contributed by atoms with van der Waals surface area (Å²) in [4.78, 5) is 11.5. The molecular weight excluding hydrogens is 300 g/mol. The Balaban J connectivity index is 2.32. The summed E-state index contributed by atoms with van der Waals surface area (Å²) in [6.07, 6.45) is 1.28. The molecule has 1 fully saturated rings. The topological polar surface area (TPSA) is 80.5 Å². The van der Waals surface area contributed by atoms with Gasteiger partial charge in [-0.05, 0) is 43.5 Å². The molecule has 1 amide bonds. The Morgan fingerprint density at radius 1 is 1.45 bits per heavy atom. The third-order valence-electron chi connectivity index (χ3n) is 3.54. The molecule has 7 heteroatoms. The lowest BCUT2D eigenvalue weighted by atomic mass is 9.99. The van der Waals surface area contributed by atoms with Gasteiger partial charge in [-0.1, -0.05) is 11.6 Å². The number of rotatable bonds is 3. The summed E-state index contributed by atoms with van der Waals surface area (Å²) in [6.45, 7) is 2.27. The molecule has 110 valence electrons. The number of amides is 1. The smallest absolute Gasteiger partial charge is 0.243 e. The van der Waals surface area contributed by atoms with Gasteiger partial charge in [0.1, 0.15) is 0 Å². The molecule has 1 unspecified atom stereocenters. The van der Waals surface area contributed by atoms with Crippen LogP contribution < -0.4 is 5.73 Å². The molecule has 0 radical (unpaired) electrons. The van der Waals surface area contributed by atoms with Gasteiger partial charge in [0.05, 0.1) is 10.8 Å². The number of nitrogens with zero attached hydrogens (tertiary/aromatic N) is 1. The zero-order chi connectivity index (χ0) is 14.9. The SMILES string of the molecule is Cc1cc(Cl)ccc1S(=O)(=O)N1CCCC(C(N)=O)C1. The molecule has 0 spiro atoms. The lowest BCUT2D eigenvalue weighted by Crippen LogP contribution is -2.44. The average molecular weight is 317 g/mol. The molecule has 1 aliphatic rings. The second kappa shape index (κ2) is 5.71. The number of hydrogen-bond donors (Lipinski definition) is 1. The van der Waals surface area contributed by atoms with E-state index in [-0.39, 0.29) is 11.4 Å². The molecule has 0 aromatic heterocycles. The fourth-order valence-electron chi connectivity index (χ4n) is 2.43. The fraction of sp³-hybridized carbons (Fsp3) is 0.462. The maximum atomic E-state index is 12.6. The molecule has 1 atom stereocenters. The molecule has 5 nitrogen and oxygen atoms in total. The number of aryl methyl sites for hydroxylation is 1. The molecule has 0 saturated carbocycles. The molecule has 1 aromatic carbocycles. The van der Waals surface area contributed by atoms with Crippen molar-refractivity contribution in [1.29, 1.82) is 0 Å². The minimum Gasteiger partial charge on any atom is -0.369 e. The van der Waals surface area contributed by atoms with E-state index in [2.05, 4.69) is 0 Å². The first-order valence-corrected chi connectivity index (χ1v) is 8.20. The normalized spacial score (nSPS) is 20.8. The van der Waals surface area contributed by atoms with Crippen molar-refractivity contribution in [3.8, 4) is 0 Å². The van der Waals surface area contributed by atoms with Gasteiger partial charge in [-0.2, -0.15) is 4.31 Å². The Bertz CT molecular complexity index is 631. The molecule has 0 aliphatic carbocycles.